The number of carboxylic acids is 1. The zero-order chi connectivity index (χ0) is 19.1. The summed E-state index contributed by atoms with van der Waals surface area (Å²) in [5.41, 5.74) is 0.704. The molecule has 2 aromatic heterocycles. The highest BCUT2D eigenvalue weighted by molar-refractivity contribution is 7.09. The van der Waals surface area contributed by atoms with Crippen molar-refractivity contribution in [3.63, 3.8) is 0 Å². The molecule has 0 aliphatic carbocycles. The van der Waals surface area contributed by atoms with Gasteiger partial charge in [0.25, 0.3) is 11.5 Å². The Morgan fingerprint density at radius 1 is 1.43 bits per heavy atom. The van der Waals surface area contributed by atoms with Gasteiger partial charge in [-0.3, -0.25) is 19.1 Å². The average Bonchev–Trinajstić information content (AvgIpc) is 3.18. The van der Waals surface area contributed by atoms with E-state index in [-0.39, 0.29) is 18.1 Å². The summed E-state index contributed by atoms with van der Waals surface area (Å²) in [6, 6.07) is 4.31. The number of ether oxygens (including phenoxy) is 1. The fourth-order valence-corrected chi connectivity index (χ4v) is 3.82. The van der Waals surface area contributed by atoms with Crippen LogP contribution in [0.1, 0.15) is 21.3 Å². The number of quaternary nitrogens is 1. The Kier molecular flexibility index (Phi) is 5.03. The molecule has 1 aliphatic heterocycles. The zero-order valence-electron chi connectivity index (χ0n) is 14.7. The van der Waals surface area contributed by atoms with Crippen molar-refractivity contribution in [3.05, 3.63) is 50.7 Å². The number of hydrogen-bond donors (Lipinski definition) is 3. The van der Waals surface area contributed by atoms with Gasteiger partial charge in [-0.15, -0.1) is 11.3 Å². The van der Waals surface area contributed by atoms with Crippen molar-refractivity contribution in [2.45, 2.75) is 6.04 Å². The Balaban J connectivity index is 0.00000225. The number of hydrogen-bond acceptors (Lipinski definition) is 8. The van der Waals surface area contributed by atoms with Gasteiger partial charge in [-0.2, -0.15) is 0 Å². The summed E-state index contributed by atoms with van der Waals surface area (Å²) in [6.45, 7) is -0.629. The van der Waals surface area contributed by atoms with E-state index >= 15 is 0 Å². The minimum atomic E-state index is -1.51. The molecule has 0 bridgehead atoms. The number of para-hydroxylation sites is 1. The van der Waals surface area contributed by atoms with Gasteiger partial charge in [-0.25, -0.2) is 0 Å². The molecule has 10 nitrogen and oxygen atoms in total. The number of amides is 1. The van der Waals surface area contributed by atoms with E-state index in [1.165, 1.54) is 15.9 Å². The first-order valence-electron chi connectivity index (χ1n) is 7.88. The molecule has 0 saturated carbocycles. The highest BCUT2D eigenvalue weighted by Crippen LogP contribution is 2.38. The van der Waals surface area contributed by atoms with Gasteiger partial charge in [-0.1, -0.05) is 6.07 Å². The van der Waals surface area contributed by atoms with E-state index < -0.39 is 41.3 Å². The van der Waals surface area contributed by atoms with Crippen molar-refractivity contribution in [2.75, 3.05) is 13.2 Å². The number of nitrogens with one attached hydrogen (secondary N) is 1. The van der Waals surface area contributed by atoms with E-state index in [1.54, 1.807) is 29.9 Å². The van der Waals surface area contributed by atoms with Gasteiger partial charge in [0.2, 0.25) is 0 Å². The highest BCUT2D eigenvalue weighted by Gasteiger charge is 2.31. The summed E-state index contributed by atoms with van der Waals surface area (Å²) in [4.78, 5) is 40.9. The van der Waals surface area contributed by atoms with Crippen LogP contribution in [0, 0.1) is 0 Å². The van der Waals surface area contributed by atoms with Crippen LogP contribution in [0.5, 0.6) is 11.5 Å². The Morgan fingerprint density at radius 2 is 2.21 bits per heavy atom. The molecular weight excluding hydrogens is 388 g/mol. The molecular formula is C17H16N4O6S. The number of aliphatic carboxylic acids is 1. The van der Waals surface area contributed by atoms with Gasteiger partial charge >= 0.3 is 0 Å². The number of aromatic hydroxyl groups is 1. The van der Waals surface area contributed by atoms with Crippen LogP contribution in [-0.2, 0) is 4.79 Å². The van der Waals surface area contributed by atoms with Gasteiger partial charge in [0, 0.05) is 11.6 Å². The molecule has 146 valence electrons. The Labute approximate surface area is 161 Å². The van der Waals surface area contributed by atoms with Crippen molar-refractivity contribution < 1.29 is 24.5 Å². The maximum Gasteiger partial charge on any atom is 0.268 e. The lowest BCUT2D eigenvalue weighted by Crippen LogP contribution is -2.41. The molecule has 1 amide bonds. The summed E-state index contributed by atoms with van der Waals surface area (Å²) in [7, 11) is 0. The molecule has 28 heavy (non-hydrogen) atoms. The predicted molar refractivity (Wildman–Crippen MR) is 98.9 cm³/mol. The number of aromatic nitrogens is 2. The van der Waals surface area contributed by atoms with E-state index in [1.807, 2.05) is 0 Å². The SMILES string of the molecule is O=C([O-])CNC(=O)c1c(O)c2cccc3c2n(c1=O)C(c1cncs1)CO3.[NH4+]. The second-order valence-electron chi connectivity index (χ2n) is 5.84. The number of thiazole rings is 1. The molecule has 6 N–H and O–H groups in total. The molecule has 3 heterocycles. The monoisotopic (exact) mass is 404 g/mol. The van der Waals surface area contributed by atoms with Gasteiger partial charge in [0.05, 0.1) is 28.4 Å². The largest absolute Gasteiger partial charge is 0.548 e. The van der Waals surface area contributed by atoms with Crippen molar-refractivity contribution >= 4 is 34.1 Å². The number of carbonyl (C=O) groups excluding carboxylic acids is 2. The van der Waals surface area contributed by atoms with E-state index in [4.69, 9.17) is 4.74 Å². The molecule has 0 fully saturated rings. The minimum Gasteiger partial charge on any atom is -0.548 e. The molecule has 1 atom stereocenters. The summed E-state index contributed by atoms with van der Waals surface area (Å²) < 4.78 is 7.13. The lowest BCUT2D eigenvalue weighted by atomic mass is 10.1. The van der Waals surface area contributed by atoms with Crippen LogP contribution in [0.25, 0.3) is 10.9 Å². The normalized spacial score (nSPS) is 14.8. The molecule has 3 aromatic rings. The van der Waals surface area contributed by atoms with Crippen LogP contribution < -0.4 is 26.9 Å². The van der Waals surface area contributed by atoms with Gasteiger partial charge in [0.15, 0.2) is 0 Å². The number of carbonyl (C=O) groups is 2. The maximum absolute atomic E-state index is 13.1. The molecule has 1 aliphatic rings. The lowest BCUT2D eigenvalue weighted by Gasteiger charge is -2.28. The molecule has 0 spiro atoms. The van der Waals surface area contributed by atoms with Crippen molar-refractivity contribution in [1.29, 1.82) is 0 Å². The van der Waals surface area contributed by atoms with E-state index in [9.17, 15) is 24.6 Å². The van der Waals surface area contributed by atoms with Crippen molar-refractivity contribution in [2.24, 2.45) is 0 Å². The van der Waals surface area contributed by atoms with Crippen LogP contribution in [0.4, 0.5) is 0 Å². The summed E-state index contributed by atoms with van der Waals surface area (Å²) in [5, 5.41) is 23.5. The first-order chi connectivity index (χ1) is 13.0. The van der Waals surface area contributed by atoms with Crippen LogP contribution in [0.3, 0.4) is 0 Å². The molecule has 4 rings (SSSR count). The number of pyridine rings is 1. The third kappa shape index (κ3) is 2.96. The Morgan fingerprint density at radius 3 is 2.89 bits per heavy atom. The first kappa shape index (κ1) is 19.3. The summed E-state index contributed by atoms with van der Waals surface area (Å²) in [6.07, 6.45) is 1.60. The highest BCUT2D eigenvalue weighted by atomic mass is 32.1. The number of carboxylic acid groups (broad SMARTS) is 1. The molecule has 1 unspecified atom stereocenters. The molecule has 11 heteroatoms. The van der Waals surface area contributed by atoms with E-state index in [2.05, 4.69) is 10.3 Å². The fourth-order valence-electron chi connectivity index (χ4n) is 3.12. The average molecular weight is 404 g/mol. The maximum atomic E-state index is 13.1. The second kappa shape index (κ2) is 7.29. The first-order valence-corrected chi connectivity index (χ1v) is 8.76. The van der Waals surface area contributed by atoms with Gasteiger partial charge in [0.1, 0.15) is 29.7 Å². The number of nitrogens with zero attached hydrogens (tertiary/aromatic N) is 2. The van der Waals surface area contributed by atoms with E-state index in [0.717, 1.165) is 4.88 Å². The smallest absolute Gasteiger partial charge is 0.268 e. The fraction of sp³-hybridized carbons (Fsp3) is 0.176. The number of benzene rings is 1. The van der Waals surface area contributed by atoms with Crippen LogP contribution in [-0.4, -0.2) is 39.7 Å². The predicted octanol–water partition coefficient (Wildman–Crippen LogP) is 0.00130. The standard InChI is InChI=1S/C17H13N3O6S.H3N/c21-12(22)5-19-16(24)13-15(23)8-2-1-3-10-14(8)20(17(13)25)9(6-26-10)11-4-18-7-27-11;/h1-4,7,9,23H,5-6H2,(H,19,24)(H,21,22);1H3. The zero-order valence-corrected chi connectivity index (χ0v) is 15.5. The Bertz CT molecular complexity index is 1120. The second-order valence-corrected chi connectivity index (χ2v) is 6.75. The summed E-state index contributed by atoms with van der Waals surface area (Å²) in [5.74, 6) is -2.63. The lowest BCUT2D eigenvalue weighted by molar-refractivity contribution is -0.303. The van der Waals surface area contributed by atoms with Gasteiger partial charge in [-0.05, 0) is 12.1 Å². The van der Waals surface area contributed by atoms with Crippen molar-refractivity contribution in [3.8, 4) is 11.5 Å². The van der Waals surface area contributed by atoms with Crippen LogP contribution >= 0.6 is 11.3 Å². The number of rotatable bonds is 4. The third-order valence-electron chi connectivity index (χ3n) is 4.27. The minimum absolute atomic E-state index is 0. The van der Waals surface area contributed by atoms with E-state index in [0.29, 0.717) is 11.3 Å². The molecule has 0 radical (unpaired) electrons. The van der Waals surface area contributed by atoms with Crippen molar-refractivity contribution in [1.82, 2.24) is 21.0 Å². The molecule has 0 saturated heterocycles. The summed E-state index contributed by atoms with van der Waals surface area (Å²) >= 11 is 1.33. The Hall–Kier alpha value is -3.44. The topological polar surface area (TPSA) is 170 Å². The van der Waals surface area contributed by atoms with Crippen LogP contribution in [0.2, 0.25) is 0 Å². The molecule has 1 aromatic carbocycles. The quantitative estimate of drug-likeness (QED) is 0.549. The van der Waals surface area contributed by atoms with Crippen LogP contribution in [0.15, 0.2) is 34.7 Å². The van der Waals surface area contributed by atoms with Gasteiger partial charge < -0.3 is 31.2 Å². The third-order valence-corrected chi connectivity index (χ3v) is 5.15.